The number of ether oxygens (including phenoxy) is 1. The van der Waals surface area contributed by atoms with E-state index in [1.807, 2.05) is 24.3 Å². The number of likely N-dealkylation sites (tertiary alicyclic amines) is 1. The summed E-state index contributed by atoms with van der Waals surface area (Å²) in [5, 5.41) is 14.5. The molecule has 3 atom stereocenters. The fourth-order valence-corrected chi connectivity index (χ4v) is 4.90. The van der Waals surface area contributed by atoms with E-state index in [0.717, 1.165) is 30.9 Å². The van der Waals surface area contributed by atoms with Crippen LogP contribution in [0.2, 0.25) is 0 Å². The molecule has 4 nitrogen and oxygen atoms in total. The molecule has 3 heterocycles. The lowest BCUT2D eigenvalue weighted by atomic mass is 9.75. The topological polar surface area (TPSA) is 44.7 Å². The van der Waals surface area contributed by atoms with Crippen LogP contribution in [0, 0.1) is 5.41 Å². The summed E-state index contributed by atoms with van der Waals surface area (Å²) in [6.07, 6.45) is 5.71. The monoisotopic (exact) mass is 328 g/mol. The molecule has 0 aromatic heterocycles. The Morgan fingerprint density at radius 3 is 3.04 bits per heavy atom. The number of rotatable bonds is 4. The van der Waals surface area contributed by atoms with Crippen molar-refractivity contribution in [2.75, 3.05) is 25.0 Å². The molecule has 2 N–H and O–H groups in total. The van der Waals surface area contributed by atoms with Crippen molar-refractivity contribution >= 4 is 5.69 Å². The summed E-state index contributed by atoms with van der Waals surface area (Å²) in [5.74, 6) is 0. The summed E-state index contributed by atoms with van der Waals surface area (Å²) in [6, 6.07) is 7.96. The Hall–Kier alpha value is -1.36. The Morgan fingerprint density at radius 2 is 2.21 bits per heavy atom. The zero-order chi connectivity index (χ0) is 16.8. The molecule has 1 aromatic carbocycles. The second-order valence-electron chi connectivity index (χ2n) is 7.59. The number of aliphatic hydroxyl groups is 1. The van der Waals surface area contributed by atoms with Crippen molar-refractivity contribution in [3.8, 4) is 0 Å². The third kappa shape index (κ3) is 2.32. The summed E-state index contributed by atoms with van der Waals surface area (Å²) >= 11 is 0. The van der Waals surface area contributed by atoms with Crippen molar-refractivity contribution in [3.05, 3.63) is 42.1 Å². The van der Waals surface area contributed by atoms with E-state index in [0.29, 0.717) is 17.5 Å². The largest absolute Gasteiger partial charge is 0.379 e. The quantitative estimate of drug-likeness (QED) is 0.889. The number of para-hydroxylation sites is 1. The van der Waals surface area contributed by atoms with Crippen molar-refractivity contribution in [2.45, 2.75) is 50.9 Å². The van der Waals surface area contributed by atoms with Gasteiger partial charge in [-0.3, -0.25) is 4.90 Å². The Balaban J connectivity index is 1.52. The first-order chi connectivity index (χ1) is 11.6. The number of nitrogens with zero attached hydrogens (tertiary/aromatic N) is 1. The summed E-state index contributed by atoms with van der Waals surface area (Å²) in [5.41, 5.74) is 1.95. The lowest BCUT2D eigenvalue weighted by Crippen LogP contribution is -2.51. The molecule has 2 saturated heterocycles. The van der Waals surface area contributed by atoms with Crippen LogP contribution in [-0.2, 0) is 10.3 Å². The van der Waals surface area contributed by atoms with E-state index in [4.69, 9.17) is 4.74 Å². The zero-order valence-corrected chi connectivity index (χ0v) is 14.6. The number of anilines is 1. The maximum atomic E-state index is 11.3. The summed E-state index contributed by atoms with van der Waals surface area (Å²) < 4.78 is 6.11. The van der Waals surface area contributed by atoms with Crippen molar-refractivity contribution < 1.29 is 9.84 Å². The van der Waals surface area contributed by atoms with Gasteiger partial charge in [-0.2, -0.15) is 0 Å². The molecule has 0 saturated carbocycles. The first-order valence-electron chi connectivity index (χ1n) is 9.23. The zero-order valence-electron chi connectivity index (χ0n) is 14.6. The number of fused-ring (bicyclic) bond motifs is 2. The summed E-state index contributed by atoms with van der Waals surface area (Å²) in [4.78, 5) is 2.45. The van der Waals surface area contributed by atoms with Crippen molar-refractivity contribution in [1.29, 1.82) is 0 Å². The SMILES string of the molecule is C=C1Nc2ccccc2C1(O)CCN1CCCC2(CC)CCOC12. The van der Waals surface area contributed by atoms with Gasteiger partial charge in [0.25, 0.3) is 0 Å². The van der Waals surface area contributed by atoms with Crippen LogP contribution in [0.5, 0.6) is 0 Å². The van der Waals surface area contributed by atoms with Crippen LogP contribution in [0.15, 0.2) is 36.5 Å². The predicted octanol–water partition coefficient (Wildman–Crippen LogP) is 3.44. The molecule has 0 bridgehead atoms. The first-order valence-corrected chi connectivity index (χ1v) is 9.23. The minimum absolute atomic E-state index is 0.220. The number of piperidine rings is 1. The molecular formula is C20H28N2O2. The Bertz CT molecular complexity index is 646. The highest BCUT2D eigenvalue weighted by Gasteiger charge is 2.48. The molecule has 130 valence electrons. The normalized spacial score (nSPS) is 35.6. The fraction of sp³-hybridized carbons (Fsp3) is 0.600. The smallest absolute Gasteiger partial charge is 0.132 e. The Morgan fingerprint density at radius 1 is 1.38 bits per heavy atom. The third-order valence-electron chi connectivity index (χ3n) is 6.47. The van der Waals surface area contributed by atoms with E-state index in [1.165, 1.54) is 25.7 Å². The van der Waals surface area contributed by atoms with E-state index in [1.54, 1.807) is 0 Å². The van der Waals surface area contributed by atoms with Gasteiger partial charge in [-0.05, 0) is 38.2 Å². The molecule has 3 aliphatic heterocycles. The molecule has 0 radical (unpaired) electrons. The standard InChI is InChI=1S/C20H28N2O2/c1-3-19-9-6-12-22(18(19)24-14-11-19)13-10-20(23)15(2)21-17-8-5-4-7-16(17)20/h4-5,7-8,18,21,23H,2-3,6,9-14H2,1H3. The second-order valence-corrected chi connectivity index (χ2v) is 7.59. The number of hydrogen-bond donors (Lipinski definition) is 2. The van der Waals surface area contributed by atoms with E-state index in [9.17, 15) is 5.11 Å². The first kappa shape index (κ1) is 16.1. The molecule has 3 aliphatic rings. The van der Waals surface area contributed by atoms with E-state index >= 15 is 0 Å². The van der Waals surface area contributed by atoms with Crippen molar-refractivity contribution in [3.63, 3.8) is 0 Å². The second kappa shape index (κ2) is 5.87. The lowest BCUT2D eigenvalue weighted by molar-refractivity contribution is -0.108. The van der Waals surface area contributed by atoms with Crippen molar-refractivity contribution in [2.24, 2.45) is 5.41 Å². The van der Waals surface area contributed by atoms with Gasteiger partial charge >= 0.3 is 0 Å². The van der Waals surface area contributed by atoms with Crippen LogP contribution in [-0.4, -0.2) is 35.9 Å². The minimum Gasteiger partial charge on any atom is -0.379 e. The average molecular weight is 328 g/mol. The van der Waals surface area contributed by atoms with Crippen LogP contribution in [0.1, 0.15) is 44.6 Å². The molecular weight excluding hydrogens is 300 g/mol. The Labute approximate surface area is 144 Å². The van der Waals surface area contributed by atoms with Gasteiger partial charge in [0.05, 0.1) is 0 Å². The Kier molecular flexibility index (Phi) is 3.94. The van der Waals surface area contributed by atoms with Crippen LogP contribution in [0.25, 0.3) is 0 Å². The highest BCUT2D eigenvalue weighted by molar-refractivity contribution is 5.66. The van der Waals surface area contributed by atoms with Crippen LogP contribution < -0.4 is 5.32 Å². The van der Waals surface area contributed by atoms with Gasteiger partial charge < -0.3 is 15.2 Å². The maximum absolute atomic E-state index is 11.3. The van der Waals surface area contributed by atoms with Gasteiger partial charge in [0.2, 0.25) is 0 Å². The highest BCUT2D eigenvalue weighted by atomic mass is 16.5. The maximum Gasteiger partial charge on any atom is 0.132 e. The highest BCUT2D eigenvalue weighted by Crippen LogP contribution is 2.48. The third-order valence-corrected chi connectivity index (χ3v) is 6.47. The minimum atomic E-state index is -0.985. The van der Waals surface area contributed by atoms with Crippen molar-refractivity contribution in [1.82, 2.24) is 4.90 Å². The molecule has 1 aromatic rings. The molecule has 3 unspecified atom stereocenters. The fourth-order valence-electron chi connectivity index (χ4n) is 4.90. The van der Waals surface area contributed by atoms with Gasteiger partial charge in [0, 0.05) is 42.1 Å². The summed E-state index contributed by atoms with van der Waals surface area (Å²) in [7, 11) is 0. The van der Waals surface area contributed by atoms with Gasteiger partial charge in [0.15, 0.2) is 0 Å². The predicted molar refractivity (Wildman–Crippen MR) is 95.6 cm³/mol. The van der Waals surface area contributed by atoms with Gasteiger partial charge in [-0.1, -0.05) is 31.7 Å². The molecule has 4 rings (SSSR count). The number of hydrogen-bond acceptors (Lipinski definition) is 4. The summed E-state index contributed by atoms with van der Waals surface area (Å²) in [6.45, 7) is 9.12. The van der Waals surface area contributed by atoms with Gasteiger partial charge in [0.1, 0.15) is 11.8 Å². The number of nitrogens with one attached hydrogen (secondary N) is 1. The van der Waals surface area contributed by atoms with Crippen LogP contribution in [0.3, 0.4) is 0 Å². The molecule has 2 fully saturated rings. The van der Waals surface area contributed by atoms with Gasteiger partial charge in [-0.25, -0.2) is 0 Å². The molecule has 0 aliphatic carbocycles. The van der Waals surface area contributed by atoms with E-state index in [2.05, 4.69) is 23.7 Å². The molecule has 0 amide bonds. The molecule has 4 heteroatoms. The van der Waals surface area contributed by atoms with Crippen LogP contribution >= 0.6 is 0 Å². The lowest BCUT2D eigenvalue weighted by Gasteiger charge is -2.45. The van der Waals surface area contributed by atoms with Crippen LogP contribution in [0.4, 0.5) is 5.69 Å². The van der Waals surface area contributed by atoms with E-state index in [-0.39, 0.29) is 6.23 Å². The molecule has 0 spiro atoms. The average Bonchev–Trinajstić information content (AvgIpc) is 3.14. The number of benzene rings is 1. The van der Waals surface area contributed by atoms with Gasteiger partial charge in [-0.15, -0.1) is 0 Å². The van der Waals surface area contributed by atoms with E-state index < -0.39 is 5.60 Å². The molecule has 24 heavy (non-hydrogen) atoms.